The van der Waals surface area contributed by atoms with Crippen LogP contribution in [-0.2, 0) is 4.79 Å². The fourth-order valence-electron chi connectivity index (χ4n) is 3.10. The number of carboxylic acids is 1. The van der Waals surface area contributed by atoms with E-state index in [1.807, 2.05) is 16.7 Å². The van der Waals surface area contributed by atoms with Crippen LogP contribution in [0.5, 0.6) is 0 Å². The Morgan fingerprint density at radius 3 is 2.48 bits per heavy atom. The first-order valence-electron chi connectivity index (χ1n) is 7.75. The Hall–Kier alpha value is -0.910. The lowest BCUT2D eigenvalue weighted by Gasteiger charge is -2.27. The summed E-state index contributed by atoms with van der Waals surface area (Å²) in [6, 6.07) is -0.110. The van der Waals surface area contributed by atoms with Crippen LogP contribution in [0.3, 0.4) is 0 Å². The van der Waals surface area contributed by atoms with E-state index >= 15 is 0 Å². The van der Waals surface area contributed by atoms with Crippen molar-refractivity contribution >= 4 is 23.8 Å². The summed E-state index contributed by atoms with van der Waals surface area (Å²) in [5.74, 6) is 0.165. The highest BCUT2D eigenvalue weighted by atomic mass is 32.2. The number of urea groups is 1. The van der Waals surface area contributed by atoms with Crippen LogP contribution in [0.4, 0.5) is 4.79 Å². The topological polar surface area (TPSA) is 69.6 Å². The summed E-state index contributed by atoms with van der Waals surface area (Å²) in [6.45, 7) is 6.15. The second-order valence-corrected chi connectivity index (χ2v) is 8.60. The molecule has 1 aliphatic carbocycles. The number of carbonyl (C=O) groups is 2. The van der Waals surface area contributed by atoms with Gasteiger partial charge < -0.3 is 15.3 Å². The zero-order chi connectivity index (χ0) is 15.5. The van der Waals surface area contributed by atoms with Gasteiger partial charge in [0.2, 0.25) is 0 Å². The number of carbonyl (C=O) groups excluding carboxylic acids is 1. The molecule has 0 aromatic rings. The number of hydrogen-bond donors (Lipinski definition) is 2. The lowest BCUT2D eigenvalue weighted by atomic mass is 9.86. The summed E-state index contributed by atoms with van der Waals surface area (Å²) in [4.78, 5) is 25.6. The van der Waals surface area contributed by atoms with Crippen molar-refractivity contribution in [2.45, 2.75) is 50.7 Å². The number of hydrogen-bond acceptors (Lipinski definition) is 3. The largest absolute Gasteiger partial charge is 0.481 e. The maximum atomic E-state index is 12.3. The van der Waals surface area contributed by atoms with Crippen molar-refractivity contribution in [2.24, 2.45) is 5.41 Å². The molecule has 2 fully saturated rings. The molecule has 21 heavy (non-hydrogen) atoms. The highest BCUT2D eigenvalue weighted by molar-refractivity contribution is 8.00. The van der Waals surface area contributed by atoms with E-state index in [4.69, 9.17) is 0 Å². The van der Waals surface area contributed by atoms with Gasteiger partial charge in [-0.2, -0.15) is 11.8 Å². The number of nitrogens with zero attached hydrogens (tertiary/aromatic N) is 1. The second-order valence-electron chi connectivity index (χ2n) is 6.80. The van der Waals surface area contributed by atoms with E-state index in [9.17, 15) is 14.7 Å². The van der Waals surface area contributed by atoms with Crippen LogP contribution in [0, 0.1) is 5.41 Å². The summed E-state index contributed by atoms with van der Waals surface area (Å²) in [5.41, 5.74) is -0.741. The Bertz CT molecular complexity index is 406. The van der Waals surface area contributed by atoms with Gasteiger partial charge in [-0.25, -0.2) is 4.79 Å². The minimum Gasteiger partial charge on any atom is -0.481 e. The minimum atomic E-state index is -0.771. The maximum Gasteiger partial charge on any atom is 0.317 e. The highest BCUT2D eigenvalue weighted by Crippen LogP contribution is 2.38. The molecule has 2 aliphatic rings. The fourth-order valence-corrected chi connectivity index (χ4v) is 4.20. The Morgan fingerprint density at radius 2 is 1.86 bits per heavy atom. The molecule has 0 spiro atoms. The summed E-state index contributed by atoms with van der Waals surface area (Å²) in [7, 11) is 0. The van der Waals surface area contributed by atoms with Gasteiger partial charge in [-0.3, -0.25) is 4.79 Å². The number of nitrogens with one attached hydrogen (secondary N) is 1. The van der Waals surface area contributed by atoms with Crippen LogP contribution in [-0.4, -0.2) is 52.1 Å². The molecule has 6 heteroatoms. The third kappa shape index (κ3) is 4.05. The van der Waals surface area contributed by atoms with Crippen LogP contribution < -0.4 is 5.32 Å². The van der Waals surface area contributed by atoms with E-state index in [1.165, 1.54) is 0 Å². The lowest BCUT2D eigenvalue weighted by Crippen LogP contribution is -2.47. The Labute approximate surface area is 130 Å². The molecular formula is C15H26N2O3S. The van der Waals surface area contributed by atoms with Gasteiger partial charge in [-0.15, -0.1) is 0 Å². The standard InChI is InChI=1S/C15H26N2O3S/c1-14(2)7-8-17(9-10-21-14)13(20)16-11-15(12(18)19)5-3-4-6-15/h3-11H2,1-2H3,(H,16,20)(H,18,19). The highest BCUT2D eigenvalue weighted by Gasteiger charge is 2.41. The molecule has 120 valence electrons. The van der Waals surface area contributed by atoms with Gasteiger partial charge >= 0.3 is 12.0 Å². The van der Waals surface area contributed by atoms with E-state index in [0.717, 1.165) is 38.1 Å². The smallest absolute Gasteiger partial charge is 0.317 e. The Kier molecular flexibility index (Phi) is 5.07. The fraction of sp³-hybridized carbons (Fsp3) is 0.867. The van der Waals surface area contributed by atoms with Gasteiger partial charge in [0, 0.05) is 30.1 Å². The van der Waals surface area contributed by atoms with E-state index in [-0.39, 0.29) is 17.3 Å². The molecule has 1 saturated carbocycles. The van der Waals surface area contributed by atoms with Gasteiger partial charge in [0.1, 0.15) is 0 Å². The summed E-state index contributed by atoms with van der Waals surface area (Å²) < 4.78 is 0.211. The van der Waals surface area contributed by atoms with Gasteiger partial charge in [-0.1, -0.05) is 26.7 Å². The summed E-state index contributed by atoms with van der Waals surface area (Å²) in [5, 5.41) is 12.3. The third-order valence-electron chi connectivity index (χ3n) is 4.72. The molecule has 0 aromatic carbocycles. The first-order chi connectivity index (χ1) is 9.85. The SMILES string of the molecule is CC1(C)CCN(C(=O)NCC2(C(=O)O)CCCC2)CCS1. The van der Waals surface area contributed by atoms with Crippen molar-refractivity contribution in [2.75, 3.05) is 25.4 Å². The Balaban J connectivity index is 1.88. The molecule has 0 aromatic heterocycles. The van der Waals surface area contributed by atoms with Crippen molar-refractivity contribution in [1.29, 1.82) is 0 Å². The molecule has 0 atom stereocenters. The van der Waals surface area contributed by atoms with E-state index in [2.05, 4.69) is 19.2 Å². The van der Waals surface area contributed by atoms with Gasteiger partial charge in [0.15, 0.2) is 0 Å². The first-order valence-corrected chi connectivity index (χ1v) is 8.73. The van der Waals surface area contributed by atoms with Gasteiger partial charge in [-0.05, 0) is 19.3 Å². The van der Waals surface area contributed by atoms with Crippen LogP contribution in [0.25, 0.3) is 0 Å². The molecule has 5 nitrogen and oxygen atoms in total. The zero-order valence-electron chi connectivity index (χ0n) is 13.0. The average molecular weight is 314 g/mol. The van der Waals surface area contributed by atoms with Crippen molar-refractivity contribution in [3.63, 3.8) is 0 Å². The second kappa shape index (κ2) is 6.46. The zero-order valence-corrected chi connectivity index (χ0v) is 13.8. The predicted octanol–water partition coefficient (Wildman–Crippen LogP) is 2.56. The number of thioether (sulfide) groups is 1. The van der Waals surface area contributed by atoms with Gasteiger partial charge in [0.25, 0.3) is 0 Å². The van der Waals surface area contributed by atoms with Gasteiger partial charge in [0.05, 0.1) is 5.41 Å². The normalized spacial score (nSPS) is 24.4. The van der Waals surface area contributed by atoms with E-state index in [1.54, 1.807) is 0 Å². The minimum absolute atomic E-state index is 0.110. The van der Waals surface area contributed by atoms with Crippen molar-refractivity contribution < 1.29 is 14.7 Å². The first kappa shape index (κ1) is 16.5. The number of rotatable bonds is 3. The van der Waals surface area contributed by atoms with Crippen molar-refractivity contribution in [1.82, 2.24) is 10.2 Å². The average Bonchev–Trinajstić information content (AvgIpc) is 2.82. The van der Waals surface area contributed by atoms with Crippen molar-refractivity contribution in [3.8, 4) is 0 Å². The summed E-state index contributed by atoms with van der Waals surface area (Å²) in [6.07, 6.45) is 4.19. The van der Waals surface area contributed by atoms with Crippen LogP contribution in [0.1, 0.15) is 46.0 Å². The van der Waals surface area contributed by atoms with E-state index in [0.29, 0.717) is 12.8 Å². The Morgan fingerprint density at radius 1 is 1.19 bits per heavy atom. The molecule has 1 aliphatic heterocycles. The number of carboxylic acid groups (broad SMARTS) is 1. The van der Waals surface area contributed by atoms with E-state index < -0.39 is 11.4 Å². The molecule has 2 N–H and O–H groups in total. The quantitative estimate of drug-likeness (QED) is 0.840. The monoisotopic (exact) mass is 314 g/mol. The predicted molar refractivity (Wildman–Crippen MR) is 84.7 cm³/mol. The van der Waals surface area contributed by atoms with Crippen molar-refractivity contribution in [3.05, 3.63) is 0 Å². The molecule has 0 unspecified atom stereocenters. The van der Waals surface area contributed by atoms with Crippen LogP contribution in [0.2, 0.25) is 0 Å². The molecule has 0 bridgehead atoms. The molecule has 1 saturated heterocycles. The molecule has 0 radical (unpaired) electrons. The van der Waals surface area contributed by atoms with Crippen LogP contribution in [0.15, 0.2) is 0 Å². The molecular weight excluding hydrogens is 288 g/mol. The maximum absolute atomic E-state index is 12.3. The number of aliphatic carboxylic acids is 1. The molecule has 2 rings (SSSR count). The number of amides is 2. The lowest BCUT2D eigenvalue weighted by molar-refractivity contribution is -0.148. The summed E-state index contributed by atoms with van der Waals surface area (Å²) >= 11 is 1.89. The molecule has 1 heterocycles. The molecule has 2 amide bonds. The van der Waals surface area contributed by atoms with Crippen LogP contribution >= 0.6 is 11.8 Å². The third-order valence-corrected chi connectivity index (χ3v) is 6.09.